The van der Waals surface area contributed by atoms with E-state index in [4.69, 9.17) is 14.2 Å². The minimum absolute atomic E-state index is 0.0621. The van der Waals surface area contributed by atoms with Crippen molar-refractivity contribution in [2.75, 3.05) is 13.2 Å². The molecule has 0 N–H and O–H groups in total. The van der Waals surface area contributed by atoms with Gasteiger partial charge in [0.05, 0.1) is 0 Å². The minimum Gasteiger partial charge on any atom is -0.462 e. The molecular formula is C64H124O6. The first-order valence-electron chi connectivity index (χ1n) is 31.8. The Balaban J connectivity index is 4.25. The standard InChI is InChI=1S/C64H124O6/c1-6-8-9-10-11-12-13-14-15-18-22-25-28-34-39-44-49-54-62(65)68-57-61(58-69-63(66)55-50-45-40-35-31-30-32-37-42-47-52-59(3)4)70-64(67)56-51-46-41-36-29-26-23-20-17-16-19-21-24-27-33-38-43-48-53-60(5)7-2/h59-61H,6-58H2,1-5H3/t60?,61-/m0/s1. The predicted octanol–water partition coefficient (Wildman–Crippen LogP) is 21.2. The van der Waals surface area contributed by atoms with Crippen molar-refractivity contribution in [2.24, 2.45) is 11.8 Å². The molecule has 1 unspecified atom stereocenters. The number of carbonyl (C=O) groups excluding carboxylic acids is 3. The summed E-state index contributed by atoms with van der Waals surface area (Å²) in [7, 11) is 0. The van der Waals surface area contributed by atoms with Gasteiger partial charge in [0.25, 0.3) is 0 Å². The Hall–Kier alpha value is -1.59. The van der Waals surface area contributed by atoms with Gasteiger partial charge < -0.3 is 14.2 Å². The van der Waals surface area contributed by atoms with Gasteiger partial charge in [0.1, 0.15) is 13.2 Å². The number of hydrogen-bond acceptors (Lipinski definition) is 6. The van der Waals surface area contributed by atoms with E-state index >= 15 is 0 Å². The van der Waals surface area contributed by atoms with E-state index in [2.05, 4.69) is 34.6 Å². The lowest BCUT2D eigenvalue weighted by Crippen LogP contribution is -2.30. The summed E-state index contributed by atoms with van der Waals surface area (Å²) in [5.74, 6) is 0.894. The van der Waals surface area contributed by atoms with E-state index in [0.717, 1.165) is 69.6 Å². The van der Waals surface area contributed by atoms with Crippen LogP contribution in [0.2, 0.25) is 0 Å². The Labute approximate surface area is 438 Å². The second-order valence-corrected chi connectivity index (χ2v) is 22.8. The highest BCUT2D eigenvalue weighted by molar-refractivity contribution is 5.71. The van der Waals surface area contributed by atoms with Gasteiger partial charge in [-0.15, -0.1) is 0 Å². The normalized spacial score (nSPS) is 12.4. The first kappa shape index (κ1) is 68.4. The molecule has 0 aromatic heterocycles. The molecule has 0 aliphatic carbocycles. The largest absolute Gasteiger partial charge is 0.462 e. The fourth-order valence-electron chi connectivity index (χ4n) is 9.90. The number of rotatable bonds is 58. The van der Waals surface area contributed by atoms with Crippen LogP contribution in [0.5, 0.6) is 0 Å². The zero-order valence-electron chi connectivity index (χ0n) is 48.2. The summed E-state index contributed by atoms with van der Waals surface area (Å²) in [5.41, 5.74) is 0. The maximum atomic E-state index is 12.9. The van der Waals surface area contributed by atoms with Crippen molar-refractivity contribution >= 4 is 17.9 Å². The van der Waals surface area contributed by atoms with Crippen molar-refractivity contribution < 1.29 is 28.6 Å². The van der Waals surface area contributed by atoms with Crippen molar-refractivity contribution in [1.82, 2.24) is 0 Å². The Kier molecular flexibility index (Phi) is 55.4. The lowest BCUT2D eigenvalue weighted by Gasteiger charge is -2.18. The van der Waals surface area contributed by atoms with Gasteiger partial charge >= 0.3 is 17.9 Å². The molecule has 0 aliphatic heterocycles. The van der Waals surface area contributed by atoms with E-state index in [0.29, 0.717) is 19.3 Å². The van der Waals surface area contributed by atoms with Crippen molar-refractivity contribution in [2.45, 2.75) is 368 Å². The summed E-state index contributed by atoms with van der Waals surface area (Å²) in [6.45, 7) is 11.5. The molecule has 0 bridgehead atoms. The predicted molar refractivity (Wildman–Crippen MR) is 303 cm³/mol. The third kappa shape index (κ3) is 55.7. The van der Waals surface area contributed by atoms with Gasteiger partial charge in [-0.3, -0.25) is 14.4 Å². The van der Waals surface area contributed by atoms with Crippen LogP contribution >= 0.6 is 0 Å². The Bertz CT molecular complexity index is 1070. The highest BCUT2D eigenvalue weighted by Crippen LogP contribution is 2.19. The molecule has 2 atom stereocenters. The van der Waals surface area contributed by atoms with Crippen LogP contribution in [0.3, 0.4) is 0 Å². The third-order valence-electron chi connectivity index (χ3n) is 15.1. The SMILES string of the molecule is CCCCCCCCCCCCCCCCCCCC(=O)OC[C@@H](COC(=O)CCCCCCCCCCCCC(C)C)OC(=O)CCCCCCCCCCCCCCCCCCCCC(C)CC. The molecule has 0 amide bonds. The average molecular weight is 990 g/mol. The first-order valence-corrected chi connectivity index (χ1v) is 31.8. The van der Waals surface area contributed by atoms with Crippen molar-refractivity contribution in [3.05, 3.63) is 0 Å². The van der Waals surface area contributed by atoms with E-state index in [1.165, 1.54) is 250 Å². The van der Waals surface area contributed by atoms with Crippen LogP contribution in [0.1, 0.15) is 362 Å². The van der Waals surface area contributed by atoms with E-state index in [1.54, 1.807) is 0 Å². The third-order valence-corrected chi connectivity index (χ3v) is 15.1. The van der Waals surface area contributed by atoms with Crippen LogP contribution in [0.15, 0.2) is 0 Å². The fourth-order valence-corrected chi connectivity index (χ4v) is 9.90. The summed E-state index contributed by atoms with van der Waals surface area (Å²) in [6.07, 6.45) is 62.4. The van der Waals surface area contributed by atoms with Gasteiger partial charge in [-0.1, -0.05) is 324 Å². The van der Waals surface area contributed by atoms with Gasteiger partial charge in [0.2, 0.25) is 0 Å². The average Bonchev–Trinajstić information content (AvgIpc) is 3.35. The molecule has 0 aliphatic rings. The zero-order chi connectivity index (χ0) is 51.1. The van der Waals surface area contributed by atoms with Crippen LogP contribution in [0.4, 0.5) is 0 Å². The van der Waals surface area contributed by atoms with Gasteiger partial charge in [-0.2, -0.15) is 0 Å². The summed E-state index contributed by atoms with van der Waals surface area (Å²) < 4.78 is 16.9. The number of hydrogen-bond donors (Lipinski definition) is 0. The topological polar surface area (TPSA) is 78.9 Å². The first-order chi connectivity index (χ1) is 34.3. The molecule has 6 nitrogen and oxygen atoms in total. The number of esters is 3. The molecule has 0 saturated heterocycles. The molecule has 0 radical (unpaired) electrons. The summed E-state index contributed by atoms with van der Waals surface area (Å²) in [4.78, 5) is 38.3. The van der Waals surface area contributed by atoms with Gasteiger partial charge in [0.15, 0.2) is 6.10 Å². The molecule has 0 heterocycles. The summed E-state index contributed by atoms with van der Waals surface area (Å²) in [5, 5.41) is 0. The monoisotopic (exact) mass is 989 g/mol. The van der Waals surface area contributed by atoms with Crippen LogP contribution in [0.25, 0.3) is 0 Å². The lowest BCUT2D eigenvalue weighted by molar-refractivity contribution is -0.167. The molecule has 0 rings (SSSR count). The van der Waals surface area contributed by atoms with Crippen molar-refractivity contribution in [3.8, 4) is 0 Å². The Morgan fingerprint density at radius 2 is 0.543 bits per heavy atom. The van der Waals surface area contributed by atoms with Gasteiger partial charge in [-0.05, 0) is 31.1 Å². The molecule has 0 fully saturated rings. The summed E-state index contributed by atoms with van der Waals surface area (Å²) in [6, 6.07) is 0. The van der Waals surface area contributed by atoms with E-state index in [-0.39, 0.29) is 31.1 Å². The molecule has 0 aromatic rings. The molecule has 70 heavy (non-hydrogen) atoms. The lowest BCUT2D eigenvalue weighted by atomic mass is 9.99. The molecule has 416 valence electrons. The van der Waals surface area contributed by atoms with Crippen LogP contribution in [0, 0.1) is 11.8 Å². The minimum atomic E-state index is -0.764. The van der Waals surface area contributed by atoms with Crippen LogP contribution in [-0.4, -0.2) is 37.2 Å². The Morgan fingerprint density at radius 1 is 0.300 bits per heavy atom. The maximum absolute atomic E-state index is 12.9. The Morgan fingerprint density at radius 3 is 0.814 bits per heavy atom. The van der Waals surface area contributed by atoms with Crippen LogP contribution < -0.4 is 0 Å². The van der Waals surface area contributed by atoms with Gasteiger partial charge in [-0.25, -0.2) is 0 Å². The van der Waals surface area contributed by atoms with E-state index < -0.39 is 6.10 Å². The molecule has 6 heteroatoms. The highest BCUT2D eigenvalue weighted by atomic mass is 16.6. The smallest absolute Gasteiger partial charge is 0.306 e. The molecule has 0 spiro atoms. The highest BCUT2D eigenvalue weighted by Gasteiger charge is 2.19. The fraction of sp³-hybridized carbons (Fsp3) is 0.953. The van der Waals surface area contributed by atoms with Crippen molar-refractivity contribution in [1.29, 1.82) is 0 Å². The maximum Gasteiger partial charge on any atom is 0.306 e. The van der Waals surface area contributed by atoms with Crippen molar-refractivity contribution in [3.63, 3.8) is 0 Å². The number of carbonyl (C=O) groups is 3. The molecule has 0 saturated carbocycles. The second-order valence-electron chi connectivity index (χ2n) is 22.8. The molecular weight excluding hydrogens is 865 g/mol. The zero-order valence-corrected chi connectivity index (χ0v) is 48.2. The number of unbranched alkanes of at least 4 members (excludes halogenated alkanes) is 42. The van der Waals surface area contributed by atoms with E-state index in [9.17, 15) is 14.4 Å². The van der Waals surface area contributed by atoms with Gasteiger partial charge in [0, 0.05) is 19.3 Å². The molecule has 0 aromatic carbocycles. The second kappa shape index (κ2) is 56.7. The summed E-state index contributed by atoms with van der Waals surface area (Å²) >= 11 is 0. The van der Waals surface area contributed by atoms with Crippen LogP contribution in [-0.2, 0) is 28.6 Å². The van der Waals surface area contributed by atoms with E-state index in [1.807, 2.05) is 0 Å². The quantitative estimate of drug-likeness (QED) is 0.0343. The number of ether oxygens (including phenoxy) is 3.